The number of aromatic amines is 1. The molecule has 0 atom stereocenters. The van der Waals surface area contributed by atoms with Crippen molar-refractivity contribution in [2.45, 2.75) is 13.3 Å². The van der Waals surface area contributed by atoms with Gasteiger partial charge in [0.15, 0.2) is 11.5 Å². The molecule has 2 heterocycles. The summed E-state index contributed by atoms with van der Waals surface area (Å²) in [6.07, 6.45) is 0.415. The lowest BCUT2D eigenvalue weighted by Gasteiger charge is -2.07. The van der Waals surface area contributed by atoms with E-state index in [1.54, 1.807) is 16.6 Å². The van der Waals surface area contributed by atoms with Crippen molar-refractivity contribution in [3.63, 3.8) is 0 Å². The maximum absolute atomic E-state index is 12.2. The lowest BCUT2D eigenvalue weighted by atomic mass is 10.1. The zero-order chi connectivity index (χ0) is 17.3. The van der Waals surface area contributed by atoms with Gasteiger partial charge in [-0.15, -0.1) is 10.2 Å². The molecule has 2 aromatic heterocycles. The Bertz CT molecular complexity index is 930. The van der Waals surface area contributed by atoms with Crippen LogP contribution in [-0.2, 0) is 6.42 Å². The van der Waals surface area contributed by atoms with Gasteiger partial charge in [-0.3, -0.25) is 9.89 Å². The zero-order valence-electron chi connectivity index (χ0n) is 12.7. The molecule has 0 spiro atoms. The van der Waals surface area contributed by atoms with E-state index in [0.717, 1.165) is 5.69 Å². The fourth-order valence-corrected chi connectivity index (χ4v) is 2.54. The quantitative estimate of drug-likeness (QED) is 0.650. The van der Waals surface area contributed by atoms with Crippen LogP contribution in [0.1, 0.15) is 32.2 Å². The van der Waals surface area contributed by atoms with Gasteiger partial charge in [0.2, 0.25) is 0 Å². The molecule has 3 aromatic rings. The molecule has 8 nitrogen and oxygen atoms in total. The molecule has 24 heavy (non-hydrogen) atoms. The minimum absolute atomic E-state index is 0.0355. The Hall–Kier alpha value is -2.87. The number of nitrogens with zero attached hydrogens (tertiary/aromatic N) is 3. The van der Waals surface area contributed by atoms with E-state index in [0.29, 0.717) is 22.9 Å². The molecule has 9 heteroatoms. The molecule has 0 aliphatic heterocycles. The van der Waals surface area contributed by atoms with Gasteiger partial charge in [-0.25, -0.2) is 9.31 Å². The summed E-state index contributed by atoms with van der Waals surface area (Å²) >= 11 is 6.09. The van der Waals surface area contributed by atoms with E-state index in [9.17, 15) is 9.59 Å². The fourth-order valence-electron chi connectivity index (χ4n) is 2.37. The van der Waals surface area contributed by atoms with Crippen LogP contribution in [0, 0.1) is 6.92 Å². The zero-order valence-corrected chi connectivity index (χ0v) is 13.5. The normalized spacial score (nSPS) is 10.9. The van der Waals surface area contributed by atoms with Gasteiger partial charge in [-0.2, -0.15) is 0 Å². The molecule has 1 aromatic carbocycles. The Morgan fingerprint density at radius 2 is 2.00 bits per heavy atom. The minimum Gasteiger partial charge on any atom is -0.478 e. The number of H-pyrrole nitrogens is 1. The summed E-state index contributed by atoms with van der Waals surface area (Å²) in [7, 11) is 0. The van der Waals surface area contributed by atoms with Crippen LogP contribution in [0.3, 0.4) is 0 Å². The molecule has 0 saturated heterocycles. The van der Waals surface area contributed by atoms with Gasteiger partial charge in [0.05, 0.1) is 16.8 Å². The molecular weight excluding hydrogens is 334 g/mol. The second kappa shape index (κ2) is 6.32. The minimum atomic E-state index is -1.14. The van der Waals surface area contributed by atoms with Gasteiger partial charge in [-0.1, -0.05) is 23.7 Å². The summed E-state index contributed by atoms with van der Waals surface area (Å²) < 4.78 is 1.66. The van der Waals surface area contributed by atoms with Crippen molar-refractivity contribution in [1.82, 2.24) is 25.1 Å². The Balaban J connectivity index is 1.69. The van der Waals surface area contributed by atoms with Gasteiger partial charge in [-0.05, 0) is 19.1 Å². The van der Waals surface area contributed by atoms with E-state index in [-0.39, 0.29) is 17.7 Å². The molecule has 0 bridgehead atoms. The summed E-state index contributed by atoms with van der Waals surface area (Å²) in [6, 6.07) is 6.06. The first-order chi connectivity index (χ1) is 11.5. The molecule has 0 aliphatic rings. The van der Waals surface area contributed by atoms with Gasteiger partial charge in [0.1, 0.15) is 5.02 Å². The highest BCUT2D eigenvalue weighted by molar-refractivity contribution is 6.34. The summed E-state index contributed by atoms with van der Waals surface area (Å²) in [5.41, 5.74) is 1.40. The molecule has 0 radical (unpaired) electrons. The number of carbonyl (C=O) groups excluding carboxylic acids is 1. The number of aromatic carboxylic acids is 1. The third-order valence-electron chi connectivity index (χ3n) is 3.57. The maximum atomic E-state index is 12.2. The van der Waals surface area contributed by atoms with Crippen LogP contribution in [0.2, 0.25) is 5.02 Å². The van der Waals surface area contributed by atoms with Crippen molar-refractivity contribution in [3.8, 4) is 0 Å². The van der Waals surface area contributed by atoms with Crippen LogP contribution >= 0.6 is 11.6 Å². The Kier molecular flexibility index (Phi) is 4.22. The van der Waals surface area contributed by atoms with Crippen molar-refractivity contribution in [1.29, 1.82) is 0 Å². The highest BCUT2D eigenvalue weighted by Crippen LogP contribution is 2.19. The molecule has 124 valence electrons. The second-order valence-electron chi connectivity index (χ2n) is 5.18. The third-order valence-corrected chi connectivity index (χ3v) is 4.02. The van der Waals surface area contributed by atoms with Crippen LogP contribution in [0.4, 0.5) is 0 Å². The fraction of sp³-hybridized carbons (Fsp3) is 0.200. The van der Waals surface area contributed by atoms with Crippen molar-refractivity contribution < 1.29 is 14.7 Å². The number of fused-ring (bicyclic) bond motifs is 1. The summed E-state index contributed by atoms with van der Waals surface area (Å²) in [5, 5.41) is 23.4. The maximum Gasteiger partial charge on any atom is 0.336 e. The van der Waals surface area contributed by atoms with Crippen molar-refractivity contribution >= 4 is 29.1 Å². The predicted octanol–water partition coefficient (Wildman–Crippen LogP) is 1.69. The highest BCUT2D eigenvalue weighted by Gasteiger charge is 2.16. The number of nitrogens with one attached hydrogen (secondary N) is 2. The number of carbonyl (C=O) groups is 2. The van der Waals surface area contributed by atoms with Crippen LogP contribution in [0.5, 0.6) is 0 Å². The number of amides is 1. The third kappa shape index (κ3) is 2.83. The number of aryl methyl sites for hydroxylation is 1. The van der Waals surface area contributed by atoms with Gasteiger partial charge >= 0.3 is 5.97 Å². The van der Waals surface area contributed by atoms with Crippen molar-refractivity contribution in [3.05, 3.63) is 51.9 Å². The number of carboxylic acid groups (broad SMARTS) is 1. The average molecular weight is 348 g/mol. The summed E-state index contributed by atoms with van der Waals surface area (Å²) in [6.45, 7) is 2.11. The van der Waals surface area contributed by atoms with Crippen LogP contribution < -0.4 is 5.32 Å². The monoisotopic (exact) mass is 347 g/mol. The lowest BCUT2D eigenvalue weighted by molar-refractivity contribution is 0.0691. The van der Waals surface area contributed by atoms with Crippen molar-refractivity contribution in [2.24, 2.45) is 0 Å². The second-order valence-corrected chi connectivity index (χ2v) is 5.56. The van der Waals surface area contributed by atoms with Gasteiger partial charge in [0.25, 0.3) is 5.91 Å². The lowest BCUT2D eigenvalue weighted by Crippen LogP contribution is -2.27. The van der Waals surface area contributed by atoms with E-state index in [1.807, 2.05) is 6.92 Å². The average Bonchev–Trinajstić information content (AvgIpc) is 3.08. The number of hydrogen-bond donors (Lipinski definition) is 3. The van der Waals surface area contributed by atoms with Crippen LogP contribution in [0.25, 0.3) is 5.65 Å². The largest absolute Gasteiger partial charge is 0.478 e. The molecule has 0 aliphatic carbocycles. The Morgan fingerprint density at radius 3 is 2.71 bits per heavy atom. The van der Waals surface area contributed by atoms with Gasteiger partial charge in [0, 0.05) is 13.0 Å². The number of benzene rings is 1. The summed E-state index contributed by atoms with van der Waals surface area (Å²) in [5.74, 6) is -0.974. The van der Waals surface area contributed by atoms with Gasteiger partial charge < -0.3 is 10.4 Å². The van der Waals surface area contributed by atoms with E-state index < -0.39 is 11.9 Å². The first kappa shape index (κ1) is 16.0. The number of rotatable bonds is 5. The van der Waals surface area contributed by atoms with E-state index in [2.05, 4.69) is 20.6 Å². The number of aromatic nitrogens is 4. The standard InChI is InChI=1S/C15H14ClN5O3/c1-8-12(16)13-19-18-11(21(13)20-8)6-7-17-14(22)9-4-2-3-5-10(9)15(23)24/h2-5,20H,6-7H2,1H3,(H,17,22)(H,23,24). The molecule has 1 amide bonds. The first-order valence-electron chi connectivity index (χ1n) is 7.17. The van der Waals surface area contributed by atoms with Crippen LogP contribution in [-0.4, -0.2) is 43.3 Å². The first-order valence-corrected chi connectivity index (χ1v) is 7.55. The predicted molar refractivity (Wildman–Crippen MR) is 86.5 cm³/mol. The smallest absolute Gasteiger partial charge is 0.336 e. The number of carboxylic acids is 1. The van der Waals surface area contributed by atoms with E-state index >= 15 is 0 Å². The topological polar surface area (TPSA) is 112 Å². The molecule has 0 saturated carbocycles. The molecule has 0 fully saturated rings. The van der Waals surface area contributed by atoms with Crippen molar-refractivity contribution in [2.75, 3.05) is 6.54 Å². The Morgan fingerprint density at radius 1 is 1.29 bits per heavy atom. The summed E-state index contributed by atoms with van der Waals surface area (Å²) in [4.78, 5) is 23.3. The molecular formula is C15H14ClN5O3. The SMILES string of the molecule is Cc1[nH]n2c(CCNC(=O)c3ccccc3C(=O)O)nnc2c1Cl. The molecule has 3 rings (SSSR count). The van der Waals surface area contributed by atoms with E-state index in [1.165, 1.54) is 12.1 Å². The van der Waals surface area contributed by atoms with Crippen LogP contribution in [0.15, 0.2) is 24.3 Å². The number of halogens is 1. The number of hydrogen-bond acceptors (Lipinski definition) is 4. The highest BCUT2D eigenvalue weighted by atomic mass is 35.5. The molecule has 0 unspecified atom stereocenters. The Labute approximate surface area is 141 Å². The molecule has 3 N–H and O–H groups in total. The van der Waals surface area contributed by atoms with E-state index in [4.69, 9.17) is 16.7 Å².